The predicted molar refractivity (Wildman–Crippen MR) is 109 cm³/mol. The van der Waals surface area contributed by atoms with Crippen LogP contribution in [0.1, 0.15) is 42.5 Å². The zero-order valence-corrected chi connectivity index (χ0v) is 16.1. The van der Waals surface area contributed by atoms with E-state index in [0.717, 1.165) is 22.2 Å². The van der Waals surface area contributed by atoms with Gasteiger partial charge in [0.1, 0.15) is 5.82 Å². The first-order chi connectivity index (χ1) is 13.3. The number of carbonyl (C=O) groups is 2. The first kappa shape index (κ1) is 20.7. The fourth-order valence-electron chi connectivity index (χ4n) is 2.39. The highest BCUT2D eigenvalue weighted by Crippen LogP contribution is 2.18. The molecular formula is C22H23N3O3. The van der Waals surface area contributed by atoms with Gasteiger partial charge >= 0.3 is 0 Å². The standard InChI is InChI=1S/C21H21N3O.CH2O2/c1-21(2,3)9-8-15-4-5-17-13-18(7-6-16(17)12-15)20(25)24-14-19-22-10-11-23-19;2-1-3/h4-7,10-13H,14H2,1-3H3,(H,22,23)(H,24,25);1H,(H,2,3). The van der Waals surface area contributed by atoms with E-state index in [9.17, 15) is 4.79 Å². The van der Waals surface area contributed by atoms with Crippen molar-refractivity contribution in [2.45, 2.75) is 27.3 Å². The molecule has 0 bridgehead atoms. The third-order valence-electron chi connectivity index (χ3n) is 3.66. The van der Waals surface area contributed by atoms with Crippen molar-refractivity contribution in [3.8, 4) is 11.8 Å². The normalized spacial score (nSPS) is 10.2. The van der Waals surface area contributed by atoms with Gasteiger partial charge in [-0.25, -0.2) is 4.98 Å². The van der Waals surface area contributed by atoms with Crippen molar-refractivity contribution in [3.63, 3.8) is 0 Å². The van der Waals surface area contributed by atoms with Gasteiger partial charge < -0.3 is 15.4 Å². The minimum Gasteiger partial charge on any atom is -0.483 e. The SMILES string of the molecule is CC(C)(C)C#Cc1ccc2cc(C(=O)NCc3ncc[nH]3)ccc2c1.O=CO. The van der Waals surface area contributed by atoms with Crippen molar-refractivity contribution in [3.05, 3.63) is 65.7 Å². The molecule has 0 radical (unpaired) electrons. The molecule has 144 valence electrons. The first-order valence-electron chi connectivity index (χ1n) is 8.74. The quantitative estimate of drug-likeness (QED) is 0.480. The molecule has 2 aromatic carbocycles. The second-order valence-corrected chi connectivity index (χ2v) is 7.10. The number of carbonyl (C=O) groups excluding carboxylic acids is 1. The Morgan fingerprint density at radius 1 is 1.21 bits per heavy atom. The van der Waals surface area contributed by atoms with E-state index < -0.39 is 0 Å². The van der Waals surface area contributed by atoms with Crippen LogP contribution in [0.15, 0.2) is 48.8 Å². The van der Waals surface area contributed by atoms with Crippen molar-refractivity contribution < 1.29 is 14.7 Å². The van der Waals surface area contributed by atoms with E-state index in [4.69, 9.17) is 9.90 Å². The van der Waals surface area contributed by atoms with Crippen molar-refractivity contribution in [2.75, 3.05) is 0 Å². The van der Waals surface area contributed by atoms with E-state index in [2.05, 4.69) is 54.0 Å². The van der Waals surface area contributed by atoms with E-state index in [0.29, 0.717) is 12.1 Å². The molecule has 1 aromatic heterocycles. The molecule has 3 rings (SSSR count). The number of aromatic nitrogens is 2. The van der Waals surface area contributed by atoms with E-state index in [1.807, 2.05) is 30.3 Å². The number of amides is 1. The molecule has 1 amide bonds. The summed E-state index contributed by atoms with van der Waals surface area (Å²) in [5.74, 6) is 7.07. The van der Waals surface area contributed by atoms with Crippen molar-refractivity contribution >= 4 is 23.2 Å². The van der Waals surface area contributed by atoms with Crippen LogP contribution in [0.5, 0.6) is 0 Å². The monoisotopic (exact) mass is 377 g/mol. The lowest BCUT2D eigenvalue weighted by molar-refractivity contribution is -0.122. The van der Waals surface area contributed by atoms with Crippen LogP contribution in [0.4, 0.5) is 0 Å². The maximum absolute atomic E-state index is 12.3. The lowest BCUT2D eigenvalue weighted by Gasteiger charge is -2.07. The van der Waals surface area contributed by atoms with Crippen LogP contribution in [-0.4, -0.2) is 27.5 Å². The zero-order chi connectivity index (χ0) is 20.6. The molecule has 0 atom stereocenters. The van der Waals surface area contributed by atoms with Gasteiger partial charge in [-0.2, -0.15) is 0 Å². The van der Waals surface area contributed by atoms with E-state index in [-0.39, 0.29) is 17.8 Å². The summed E-state index contributed by atoms with van der Waals surface area (Å²) in [5, 5.41) is 11.8. The van der Waals surface area contributed by atoms with Gasteiger partial charge in [-0.15, -0.1) is 0 Å². The number of aromatic amines is 1. The number of rotatable bonds is 3. The second kappa shape index (κ2) is 9.38. The summed E-state index contributed by atoms with van der Waals surface area (Å²) < 4.78 is 0. The first-order valence-corrected chi connectivity index (χ1v) is 8.74. The van der Waals surface area contributed by atoms with Gasteiger partial charge in [0, 0.05) is 28.9 Å². The summed E-state index contributed by atoms with van der Waals surface area (Å²) in [4.78, 5) is 27.7. The Balaban J connectivity index is 0.000000878. The van der Waals surface area contributed by atoms with Crippen LogP contribution >= 0.6 is 0 Å². The van der Waals surface area contributed by atoms with Gasteiger partial charge in [0.2, 0.25) is 0 Å². The predicted octanol–water partition coefficient (Wildman–Crippen LogP) is 3.59. The highest BCUT2D eigenvalue weighted by Gasteiger charge is 2.07. The summed E-state index contributed by atoms with van der Waals surface area (Å²) in [7, 11) is 0. The van der Waals surface area contributed by atoms with Crippen LogP contribution in [0.25, 0.3) is 10.8 Å². The topological polar surface area (TPSA) is 95.1 Å². The summed E-state index contributed by atoms with van der Waals surface area (Å²) >= 11 is 0. The number of nitrogens with zero attached hydrogens (tertiary/aromatic N) is 1. The van der Waals surface area contributed by atoms with Gasteiger partial charge in [0.25, 0.3) is 12.4 Å². The summed E-state index contributed by atoms with van der Waals surface area (Å²) in [6.45, 7) is 6.41. The molecule has 3 aromatic rings. The maximum Gasteiger partial charge on any atom is 0.290 e. The van der Waals surface area contributed by atoms with Crippen LogP contribution < -0.4 is 5.32 Å². The average Bonchev–Trinajstić information content (AvgIpc) is 3.17. The van der Waals surface area contributed by atoms with Gasteiger partial charge in [-0.3, -0.25) is 9.59 Å². The minimum atomic E-state index is -0.250. The average molecular weight is 377 g/mol. The third-order valence-corrected chi connectivity index (χ3v) is 3.66. The van der Waals surface area contributed by atoms with E-state index >= 15 is 0 Å². The third kappa shape index (κ3) is 6.29. The molecule has 0 aliphatic carbocycles. The molecule has 0 saturated carbocycles. The Labute approximate surface area is 164 Å². The van der Waals surface area contributed by atoms with Gasteiger partial charge in [0.15, 0.2) is 0 Å². The van der Waals surface area contributed by atoms with Gasteiger partial charge in [-0.05, 0) is 55.8 Å². The molecule has 0 aliphatic heterocycles. The lowest BCUT2D eigenvalue weighted by atomic mass is 9.97. The van der Waals surface area contributed by atoms with Crippen LogP contribution in [0.3, 0.4) is 0 Å². The van der Waals surface area contributed by atoms with Crippen LogP contribution in [0.2, 0.25) is 0 Å². The molecule has 0 spiro atoms. The number of imidazole rings is 1. The maximum atomic E-state index is 12.3. The van der Waals surface area contributed by atoms with Crippen molar-refractivity contribution in [1.29, 1.82) is 0 Å². The van der Waals surface area contributed by atoms with Crippen LogP contribution in [-0.2, 0) is 11.3 Å². The van der Waals surface area contributed by atoms with Gasteiger partial charge in [0.05, 0.1) is 6.54 Å². The Morgan fingerprint density at radius 3 is 2.54 bits per heavy atom. The lowest BCUT2D eigenvalue weighted by Crippen LogP contribution is -2.23. The second-order valence-electron chi connectivity index (χ2n) is 7.10. The van der Waals surface area contributed by atoms with E-state index in [1.54, 1.807) is 12.4 Å². The highest BCUT2D eigenvalue weighted by atomic mass is 16.3. The molecule has 0 fully saturated rings. The Bertz CT molecular complexity index is 1010. The number of benzene rings is 2. The molecule has 6 heteroatoms. The van der Waals surface area contributed by atoms with E-state index in [1.165, 1.54) is 0 Å². The Hall–Kier alpha value is -3.59. The zero-order valence-electron chi connectivity index (χ0n) is 16.1. The Morgan fingerprint density at radius 2 is 1.89 bits per heavy atom. The number of H-pyrrole nitrogens is 1. The molecule has 28 heavy (non-hydrogen) atoms. The fourth-order valence-corrected chi connectivity index (χ4v) is 2.39. The molecule has 0 aliphatic rings. The smallest absolute Gasteiger partial charge is 0.290 e. The molecule has 0 unspecified atom stereocenters. The molecule has 0 saturated heterocycles. The summed E-state index contributed by atoms with van der Waals surface area (Å²) in [6.07, 6.45) is 3.40. The molecular weight excluding hydrogens is 354 g/mol. The largest absolute Gasteiger partial charge is 0.483 e. The number of nitrogens with one attached hydrogen (secondary N) is 2. The molecule has 6 nitrogen and oxygen atoms in total. The number of hydrogen-bond acceptors (Lipinski definition) is 3. The number of hydrogen-bond donors (Lipinski definition) is 3. The number of fused-ring (bicyclic) bond motifs is 1. The molecule has 3 N–H and O–H groups in total. The van der Waals surface area contributed by atoms with Gasteiger partial charge in [-0.1, -0.05) is 24.0 Å². The Kier molecular flexibility index (Phi) is 6.94. The summed E-state index contributed by atoms with van der Waals surface area (Å²) in [5.41, 5.74) is 1.59. The summed E-state index contributed by atoms with van der Waals surface area (Å²) in [6, 6.07) is 11.7. The minimum absolute atomic E-state index is 0.0229. The van der Waals surface area contributed by atoms with Crippen LogP contribution in [0, 0.1) is 17.3 Å². The fraction of sp³-hybridized carbons (Fsp3) is 0.227. The van der Waals surface area contributed by atoms with Crippen molar-refractivity contribution in [1.82, 2.24) is 15.3 Å². The highest BCUT2D eigenvalue weighted by molar-refractivity contribution is 5.98. The molecule has 1 heterocycles. The van der Waals surface area contributed by atoms with Crippen molar-refractivity contribution in [2.24, 2.45) is 5.41 Å². The number of carboxylic acid groups (broad SMARTS) is 1.